The molecule has 0 aliphatic rings. The van der Waals surface area contributed by atoms with Crippen molar-refractivity contribution in [2.75, 3.05) is 5.73 Å². The van der Waals surface area contributed by atoms with E-state index in [0.29, 0.717) is 17.1 Å². The third-order valence-corrected chi connectivity index (χ3v) is 3.54. The number of aromatic nitrogens is 1. The Kier molecular flexibility index (Phi) is 3.74. The molecule has 1 heterocycles. The molecule has 0 aliphatic heterocycles. The number of aromatic hydroxyl groups is 1. The second kappa shape index (κ2) is 5.10. The molecule has 0 bridgehead atoms. The summed E-state index contributed by atoms with van der Waals surface area (Å²) in [7, 11) is 0. The van der Waals surface area contributed by atoms with Crippen LogP contribution in [0.1, 0.15) is 46.6 Å². The summed E-state index contributed by atoms with van der Waals surface area (Å²) in [6.45, 7) is 11.1. The van der Waals surface area contributed by atoms with E-state index in [2.05, 4.69) is 39.8 Å². The van der Waals surface area contributed by atoms with Crippen LogP contribution in [0.3, 0.4) is 0 Å². The summed E-state index contributed by atoms with van der Waals surface area (Å²) in [4.78, 5) is 0. The fraction of sp³-hybridized carbons (Fsp3) is 0.471. The molecular formula is C17H24N2O2. The van der Waals surface area contributed by atoms with Crippen molar-refractivity contribution in [3.05, 3.63) is 29.8 Å². The summed E-state index contributed by atoms with van der Waals surface area (Å²) in [6.07, 6.45) is 1.03. The Balaban J connectivity index is 2.43. The number of hydrogen-bond donors (Lipinski definition) is 2. The lowest BCUT2D eigenvalue weighted by molar-refractivity contribution is 0.284. The van der Waals surface area contributed by atoms with E-state index >= 15 is 0 Å². The summed E-state index contributed by atoms with van der Waals surface area (Å²) in [6, 6.07) is 7.24. The van der Waals surface area contributed by atoms with Crippen molar-refractivity contribution in [2.45, 2.75) is 46.5 Å². The predicted octanol–water partition coefficient (Wildman–Crippen LogP) is 4.34. The Morgan fingerprint density at radius 1 is 1.14 bits per heavy atom. The highest BCUT2D eigenvalue weighted by Crippen LogP contribution is 2.39. The van der Waals surface area contributed by atoms with Crippen LogP contribution in [0.5, 0.6) is 5.75 Å². The van der Waals surface area contributed by atoms with Crippen molar-refractivity contribution in [2.24, 2.45) is 5.41 Å². The van der Waals surface area contributed by atoms with Gasteiger partial charge in [-0.25, -0.2) is 0 Å². The van der Waals surface area contributed by atoms with Crippen LogP contribution in [-0.4, -0.2) is 10.3 Å². The molecule has 2 rings (SSSR count). The van der Waals surface area contributed by atoms with E-state index in [0.717, 1.165) is 12.0 Å². The van der Waals surface area contributed by atoms with Crippen molar-refractivity contribution in [1.29, 1.82) is 0 Å². The van der Waals surface area contributed by atoms with E-state index in [-0.39, 0.29) is 16.6 Å². The first-order chi connectivity index (χ1) is 9.58. The van der Waals surface area contributed by atoms with Gasteiger partial charge < -0.3 is 15.4 Å². The van der Waals surface area contributed by atoms with Gasteiger partial charge in [-0.1, -0.05) is 45.8 Å². The minimum Gasteiger partial charge on any atom is -0.507 e. The lowest BCUT2D eigenvalue weighted by atomic mass is 9.72. The monoisotopic (exact) mass is 288 g/mol. The van der Waals surface area contributed by atoms with Gasteiger partial charge in [-0.2, -0.15) is 0 Å². The van der Waals surface area contributed by atoms with Gasteiger partial charge in [-0.05, 0) is 34.9 Å². The average molecular weight is 288 g/mol. The van der Waals surface area contributed by atoms with Crippen molar-refractivity contribution in [1.82, 2.24) is 5.16 Å². The Morgan fingerprint density at radius 3 is 2.33 bits per heavy atom. The maximum Gasteiger partial charge on any atom is 0.172 e. The topological polar surface area (TPSA) is 72.3 Å². The summed E-state index contributed by atoms with van der Waals surface area (Å²) in [5, 5.41) is 13.7. The van der Waals surface area contributed by atoms with E-state index in [9.17, 15) is 5.11 Å². The molecule has 0 atom stereocenters. The number of nitrogen functional groups attached to an aromatic ring is 1. The summed E-state index contributed by atoms with van der Waals surface area (Å²) < 4.78 is 5.16. The normalized spacial score (nSPS) is 12.6. The van der Waals surface area contributed by atoms with Crippen LogP contribution in [0.4, 0.5) is 5.82 Å². The Hall–Kier alpha value is -1.97. The number of benzene rings is 1. The number of nitrogens with zero attached hydrogens (tertiary/aromatic N) is 1. The lowest BCUT2D eigenvalue weighted by Gasteiger charge is -2.33. The molecule has 0 saturated heterocycles. The smallest absolute Gasteiger partial charge is 0.172 e. The van der Waals surface area contributed by atoms with Gasteiger partial charge in [0.05, 0.1) is 5.56 Å². The molecule has 0 spiro atoms. The van der Waals surface area contributed by atoms with E-state index in [1.165, 1.54) is 0 Å². The highest BCUT2D eigenvalue weighted by molar-refractivity contribution is 5.68. The molecule has 4 nitrogen and oxygen atoms in total. The molecule has 0 radical (unpaired) electrons. The fourth-order valence-corrected chi connectivity index (χ4v) is 3.00. The van der Waals surface area contributed by atoms with E-state index < -0.39 is 0 Å². The van der Waals surface area contributed by atoms with Gasteiger partial charge in [-0.15, -0.1) is 0 Å². The number of hydrogen-bond acceptors (Lipinski definition) is 4. The standard InChI is InChI=1S/C17H24N2O2/c1-16(2,3)10-17(4,5)11-6-7-13(20)12(8-11)14-9-15(18)19-21-14/h6-9,20H,10H2,1-5H3,(H2,18,19). The highest BCUT2D eigenvalue weighted by atomic mass is 16.5. The summed E-state index contributed by atoms with van der Waals surface area (Å²) >= 11 is 0. The van der Waals surface area contributed by atoms with Gasteiger partial charge in [0.2, 0.25) is 0 Å². The van der Waals surface area contributed by atoms with Crippen LogP contribution >= 0.6 is 0 Å². The number of anilines is 1. The minimum atomic E-state index is -0.00767. The second-order valence-corrected chi connectivity index (χ2v) is 7.47. The lowest BCUT2D eigenvalue weighted by Crippen LogP contribution is -2.24. The van der Waals surface area contributed by atoms with Crippen LogP contribution in [-0.2, 0) is 5.41 Å². The molecule has 3 N–H and O–H groups in total. The molecule has 0 unspecified atom stereocenters. The van der Waals surface area contributed by atoms with Gasteiger partial charge in [0.25, 0.3) is 0 Å². The van der Waals surface area contributed by atoms with Crippen molar-refractivity contribution >= 4 is 5.82 Å². The molecule has 114 valence electrons. The summed E-state index contributed by atoms with van der Waals surface area (Å²) in [5.41, 5.74) is 7.58. The van der Waals surface area contributed by atoms with Crippen molar-refractivity contribution in [3.63, 3.8) is 0 Å². The zero-order valence-electron chi connectivity index (χ0n) is 13.4. The number of rotatable bonds is 3. The maximum atomic E-state index is 10.1. The van der Waals surface area contributed by atoms with Crippen LogP contribution < -0.4 is 5.73 Å². The summed E-state index contributed by atoms with van der Waals surface area (Å²) in [5.74, 6) is 0.962. The fourth-order valence-electron chi connectivity index (χ4n) is 3.00. The van der Waals surface area contributed by atoms with Gasteiger partial charge in [0, 0.05) is 6.07 Å². The van der Waals surface area contributed by atoms with Gasteiger partial charge in [0.1, 0.15) is 5.75 Å². The Bertz CT molecular complexity index is 636. The van der Waals surface area contributed by atoms with Crippen LogP contribution in [0.15, 0.2) is 28.8 Å². The number of phenolic OH excluding ortho intramolecular Hbond substituents is 1. The molecule has 4 heteroatoms. The van der Waals surface area contributed by atoms with Gasteiger partial charge in [-0.3, -0.25) is 0 Å². The zero-order valence-corrected chi connectivity index (χ0v) is 13.4. The van der Waals surface area contributed by atoms with E-state index in [4.69, 9.17) is 10.3 Å². The molecule has 21 heavy (non-hydrogen) atoms. The van der Waals surface area contributed by atoms with Crippen molar-refractivity contribution in [3.8, 4) is 17.1 Å². The molecule has 0 aliphatic carbocycles. The molecule has 0 saturated carbocycles. The van der Waals surface area contributed by atoms with E-state index in [1.54, 1.807) is 12.1 Å². The first kappa shape index (κ1) is 15.4. The molecule has 1 aromatic carbocycles. The molecule has 1 aromatic heterocycles. The number of phenols is 1. The van der Waals surface area contributed by atoms with E-state index in [1.807, 2.05) is 12.1 Å². The Labute approximate surface area is 126 Å². The average Bonchev–Trinajstić information content (AvgIpc) is 2.72. The van der Waals surface area contributed by atoms with Crippen molar-refractivity contribution < 1.29 is 9.63 Å². The molecule has 0 amide bonds. The zero-order chi connectivity index (χ0) is 15.8. The molecular weight excluding hydrogens is 264 g/mol. The predicted molar refractivity (Wildman–Crippen MR) is 85.1 cm³/mol. The Morgan fingerprint density at radius 2 is 1.81 bits per heavy atom. The quantitative estimate of drug-likeness (QED) is 0.881. The first-order valence-corrected chi connectivity index (χ1v) is 7.15. The SMILES string of the molecule is CC(C)(C)CC(C)(C)c1ccc(O)c(-c2cc(N)no2)c1. The minimum absolute atomic E-state index is 0.00767. The highest BCUT2D eigenvalue weighted by Gasteiger charge is 2.28. The molecule has 0 fully saturated rings. The van der Waals surface area contributed by atoms with Gasteiger partial charge in [0.15, 0.2) is 11.6 Å². The number of nitrogens with two attached hydrogens (primary N) is 1. The third kappa shape index (κ3) is 3.57. The second-order valence-electron chi connectivity index (χ2n) is 7.47. The maximum absolute atomic E-state index is 10.1. The van der Waals surface area contributed by atoms with Crippen LogP contribution in [0.25, 0.3) is 11.3 Å². The molecule has 2 aromatic rings. The van der Waals surface area contributed by atoms with Crippen LogP contribution in [0.2, 0.25) is 0 Å². The van der Waals surface area contributed by atoms with Gasteiger partial charge >= 0.3 is 0 Å². The largest absolute Gasteiger partial charge is 0.507 e. The third-order valence-electron chi connectivity index (χ3n) is 3.54. The van der Waals surface area contributed by atoms with Crippen LogP contribution in [0, 0.1) is 5.41 Å². The first-order valence-electron chi connectivity index (χ1n) is 7.15.